The number of ether oxygens (including phenoxy) is 1. The Balaban J connectivity index is 2.38. The van der Waals surface area contributed by atoms with E-state index in [4.69, 9.17) is 14.8 Å². The highest BCUT2D eigenvalue weighted by molar-refractivity contribution is 6.40. The summed E-state index contributed by atoms with van der Waals surface area (Å²) in [7, 11) is 0.0980. The summed E-state index contributed by atoms with van der Waals surface area (Å²) in [5, 5.41) is 23.8. The maximum Gasteiger partial charge on any atom is 0.451 e. The molecule has 92 valence electrons. The van der Waals surface area contributed by atoms with Gasteiger partial charge in [0.2, 0.25) is 0 Å². The number of hydrogen-bond acceptors (Lipinski definition) is 6. The Labute approximate surface area is 95.5 Å². The molecule has 0 radical (unpaired) electrons. The molecule has 1 rings (SSSR count). The first kappa shape index (κ1) is 13.4. The third kappa shape index (κ3) is 4.09. The van der Waals surface area contributed by atoms with Crippen LogP contribution in [0, 0.1) is 0 Å². The summed E-state index contributed by atoms with van der Waals surface area (Å²) in [4.78, 5) is 11.5. The minimum absolute atomic E-state index is 0.0000463. The molecule has 1 saturated heterocycles. The Kier molecular flexibility index (Phi) is 5.75. The van der Waals surface area contributed by atoms with Gasteiger partial charge in [-0.25, -0.2) is 0 Å². The highest BCUT2D eigenvalue weighted by Gasteiger charge is 2.30. The molecule has 4 N–H and O–H groups in total. The number of piperazine rings is 1. The summed E-state index contributed by atoms with van der Waals surface area (Å²) < 4.78 is 4.71. The summed E-state index contributed by atoms with van der Waals surface area (Å²) in [5.41, 5.74) is 0. The number of methoxy groups -OCH3 is 1. The van der Waals surface area contributed by atoms with Gasteiger partial charge in [-0.05, 0) is 12.7 Å². The van der Waals surface area contributed by atoms with Crippen molar-refractivity contribution in [1.82, 2.24) is 10.6 Å². The molecular weight excluding hydrogens is 211 g/mol. The predicted molar refractivity (Wildman–Crippen MR) is 59.8 cm³/mol. The average molecular weight is 230 g/mol. The lowest BCUT2D eigenvalue weighted by Crippen LogP contribution is -2.59. The molecule has 0 aromatic heterocycles. The maximum absolute atomic E-state index is 11.5. The van der Waals surface area contributed by atoms with Gasteiger partial charge in [-0.3, -0.25) is 4.79 Å². The zero-order valence-electron chi connectivity index (χ0n) is 9.48. The molecule has 1 fully saturated rings. The fourth-order valence-corrected chi connectivity index (χ4v) is 1.91. The SMILES string of the molecule is COC(=O)C1NCCNC1CCCB(O)O. The molecule has 2 atom stereocenters. The van der Waals surface area contributed by atoms with Crippen molar-refractivity contribution in [2.45, 2.75) is 31.2 Å². The van der Waals surface area contributed by atoms with Gasteiger partial charge in [0.25, 0.3) is 0 Å². The molecular formula is C9H19BN2O4. The maximum atomic E-state index is 11.5. The van der Waals surface area contributed by atoms with Crippen LogP contribution in [0.2, 0.25) is 6.32 Å². The Morgan fingerprint density at radius 3 is 2.75 bits per heavy atom. The highest BCUT2D eigenvalue weighted by atomic mass is 16.5. The van der Waals surface area contributed by atoms with Gasteiger partial charge in [0.15, 0.2) is 0 Å². The van der Waals surface area contributed by atoms with Gasteiger partial charge in [0.05, 0.1) is 7.11 Å². The largest absolute Gasteiger partial charge is 0.468 e. The van der Waals surface area contributed by atoms with E-state index in [-0.39, 0.29) is 18.1 Å². The van der Waals surface area contributed by atoms with Crippen molar-refractivity contribution in [2.24, 2.45) is 0 Å². The first-order chi connectivity index (χ1) is 7.65. The van der Waals surface area contributed by atoms with Crippen LogP contribution >= 0.6 is 0 Å². The van der Waals surface area contributed by atoms with Gasteiger partial charge in [0.1, 0.15) is 6.04 Å². The number of carbonyl (C=O) groups excluding carboxylic acids is 1. The highest BCUT2D eigenvalue weighted by Crippen LogP contribution is 2.10. The molecule has 0 bridgehead atoms. The Bertz CT molecular complexity index is 228. The summed E-state index contributed by atoms with van der Waals surface area (Å²) >= 11 is 0. The topological polar surface area (TPSA) is 90.8 Å². The number of nitrogens with one attached hydrogen (secondary N) is 2. The van der Waals surface area contributed by atoms with Gasteiger partial charge in [-0.2, -0.15) is 0 Å². The van der Waals surface area contributed by atoms with E-state index in [2.05, 4.69) is 10.6 Å². The van der Waals surface area contributed by atoms with Crippen LogP contribution in [0.1, 0.15) is 12.8 Å². The standard InChI is InChI=1S/C9H19BN2O4/c1-16-9(13)8-7(11-5-6-12-8)3-2-4-10(14)15/h7-8,11-12,14-15H,2-6H2,1H3. The third-order valence-electron chi connectivity index (χ3n) is 2.73. The second-order valence-corrected chi connectivity index (χ2v) is 3.93. The molecule has 1 heterocycles. The normalized spacial score (nSPS) is 25.2. The van der Waals surface area contributed by atoms with Crippen LogP contribution in [0.25, 0.3) is 0 Å². The lowest BCUT2D eigenvalue weighted by atomic mass is 9.82. The van der Waals surface area contributed by atoms with Gasteiger partial charge in [-0.15, -0.1) is 0 Å². The van der Waals surface area contributed by atoms with Crippen molar-refractivity contribution in [1.29, 1.82) is 0 Å². The van der Waals surface area contributed by atoms with Crippen molar-refractivity contribution in [3.63, 3.8) is 0 Å². The first-order valence-electron chi connectivity index (χ1n) is 5.56. The van der Waals surface area contributed by atoms with Gasteiger partial charge in [0, 0.05) is 19.1 Å². The second kappa shape index (κ2) is 6.85. The fraction of sp³-hybridized carbons (Fsp3) is 0.889. The molecule has 0 aliphatic carbocycles. The van der Waals surface area contributed by atoms with E-state index < -0.39 is 7.12 Å². The molecule has 0 aromatic carbocycles. The van der Waals surface area contributed by atoms with E-state index in [1.165, 1.54) is 7.11 Å². The molecule has 6 nitrogen and oxygen atoms in total. The van der Waals surface area contributed by atoms with Crippen molar-refractivity contribution in [3.8, 4) is 0 Å². The van der Waals surface area contributed by atoms with E-state index >= 15 is 0 Å². The Morgan fingerprint density at radius 2 is 2.12 bits per heavy atom. The van der Waals surface area contributed by atoms with Crippen LogP contribution in [0.5, 0.6) is 0 Å². The number of carbonyl (C=O) groups is 1. The van der Waals surface area contributed by atoms with Crippen LogP contribution < -0.4 is 10.6 Å². The van der Waals surface area contributed by atoms with Crippen LogP contribution in [0.15, 0.2) is 0 Å². The number of rotatable bonds is 5. The lowest BCUT2D eigenvalue weighted by molar-refractivity contribution is -0.144. The number of esters is 1. The van der Waals surface area contributed by atoms with Crippen LogP contribution in [-0.2, 0) is 9.53 Å². The zero-order chi connectivity index (χ0) is 12.0. The quantitative estimate of drug-likeness (QED) is 0.334. The van der Waals surface area contributed by atoms with Gasteiger partial charge >= 0.3 is 13.1 Å². The number of hydrogen-bond donors (Lipinski definition) is 4. The van der Waals surface area contributed by atoms with Gasteiger partial charge in [-0.1, -0.05) is 6.42 Å². The van der Waals surface area contributed by atoms with E-state index in [1.54, 1.807) is 0 Å². The van der Waals surface area contributed by atoms with E-state index in [0.29, 0.717) is 19.2 Å². The minimum Gasteiger partial charge on any atom is -0.468 e. The lowest BCUT2D eigenvalue weighted by Gasteiger charge is -2.31. The van der Waals surface area contributed by atoms with Gasteiger partial charge < -0.3 is 25.4 Å². The van der Waals surface area contributed by atoms with Crippen molar-refractivity contribution in [3.05, 3.63) is 0 Å². The molecule has 0 aromatic rings. The fourth-order valence-electron chi connectivity index (χ4n) is 1.91. The monoisotopic (exact) mass is 230 g/mol. The first-order valence-corrected chi connectivity index (χ1v) is 5.56. The summed E-state index contributed by atoms with van der Waals surface area (Å²) in [6, 6.07) is -0.338. The van der Waals surface area contributed by atoms with Crippen LogP contribution in [-0.4, -0.2) is 55.4 Å². The minimum atomic E-state index is -1.27. The van der Waals surface area contributed by atoms with Crippen LogP contribution in [0.3, 0.4) is 0 Å². The third-order valence-corrected chi connectivity index (χ3v) is 2.73. The van der Waals surface area contributed by atoms with Crippen molar-refractivity contribution in [2.75, 3.05) is 20.2 Å². The molecule has 7 heteroatoms. The molecule has 0 amide bonds. The molecule has 0 saturated carbocycles. The summed E-state index contributed by atoms with van der Waals surface area (Å²) in [6.45, 7) is 1.54. The zero-order valence-corrected chi connectivity index (χ0v) is 9.48. The summed E-state index contributed by atoms with van der Waals surface area (Å²) in [5.74, 6) is -0.276. The molecule has 1 aliphatic heterocycles. The van der Waals surface area contributed by atoms with E-state index in [0.717, 1.165) is 13.1 Å². The van der Waals surface area contributed by atoms with E-state index in [9.17, 15) is 4.79 Å². The molecule has 16 heavy (non-hydrogen) atoms. The predicted octanol–water partition coefficient (Wildman–Crippen LogP) is -1.66. The smallest absolute Gasteiger partial charge is 0.451 e. The molecule has 0 spiro atoms. The summed E-state index contributed by atoms with van der Waals surface area (Å²) in [6.07, 6.45) is 1.70. The van der Waals surface area contributed by atoms with E-state index in [1.807, 2.05) is 0 Å². The second-order valence-electron chi connectivity index (χ2n) is 3.93. The Hall–Kier alpha value is -0.625. The van der Waals surface area contributed by atoms with Crippen LogP contribution in [0.4, 0.5) is 0 Å². The Morgan fingerprint density at radius 1 is 1.44 bits per heavy atom. The average Bonchev–Trinajstić information content (AvgIpc) is 2.28. The molecule has 1 aliphatic rings. The van der Waals surface area contributed by atoms with Crippen molar-refractivity contribution >= 4 is 13.1 Å². The van der Waals surface area contributed by atoms with Crippen molar-refractivity contribution < 1.29 is 19.6 Å². The molecule has 2 unspecified atom stereocenters.